The molecule has 2 unspecified atom stereocenters. The third-order valence-electron chi connectivity index (χ3n) is 3.70. The van der Waals surface area contributed by atoms with E-state index in [0.717, 1.165) is 11.1 Å². The highest BCUT2D eigenvalue weighted by Gasteiger charge is 2.22. The Morgan fingerprint density at radius 1 is 1.00 bits per heavy atom. The number of carbonyl (C=O) groups is 1. The Hall–Kier alpha value is -2.37. The molecule has 2 atom stereocenters. The summed E-state index contributed by atoms with van der Waals surface area (Å²) in [7, 11) is 0. The molecule has 2 rings (SSSR count). The number of aliphatic hydroxyl groups excluding tert-OH is 2. The summed E-state index contributed by atoms with van der Waals surface area (Å²) in [6.45, 7) is 0.0219. The highest BCUT2D eigenvalue weighted by Crippen LogP contribution is 2.09. The first-order valence-electron chi connectivity index (χ1n) is 7.99. The van der Waals surface area contributed by atoms with Gasteiger partial charge in [0.1, 0.15) is 6.61 Å². The van der Waals surface area contributed by atoms with Crippen molar-refractivity contribution in [3.8, 4) is 0 Å². The van der Waals surface area contributed by atoms with Gasteiger partial charge in [-0.15, -0.1) is 0 Å². The van der Waals surface area contributed by atoms with Crippen molar-refractivity contribution >= 4 is 6.09 Å². The van der Waals surface area contributed by atoms with Crippen LogP contribution in [0.2, 0.25) is 0 Å². The van der Waals surface area contributed by atoms with Gasteiger partial charge in [0, 0.05) is 6.61 Å². The van der Waals surface area contributed by atoms with Crippen molar-refractivity contribution in [3.05, 3.63) is 71.8 Å². The van der Waals surface area contributed by atoms with E-state index in [1.54, 1.807) is 0 Å². The maximum atomic E-state index is 12.0. The van der Waals surface area contributed by atoms with Crippen molar-refractivity contribution in [2.75, 3.05) is 6.61 Å². The fraction of sp³-hybridized carbons (Fsp3) is 0.316. The molecule has 0 spiro atoms. The Morgan fingerprint density at radius 2 is 1.58 bits per heavy atom. The van der Waals surface area contributed by atoms with E-state index in [1.807, 2.05) is 60.7 Å². The number of rotatable bonds is 8. The number of alkyl carbamates (subject to hydrolysis) is 1. The topological polar surface area (TPSA) is 78.8 Å². The minimum absolute atomic E-state index is 0.146. The Bertz CT molecular complexity index is 603. The third kappa shape index (κ3) is 6.02. The first-order chi connectivity index (χ1) is 11.7. The van der Waals surface area contributed by atoms with Crippen LogP contribution in [-0.4, -0.2) is 35.1 Å². The highest BCUT2D eigenvalue weighted by molar-refractivity contribution is 5.67. The molecule has 5 nitrogen and oxygen atoms in total. The first kappa shape index (κ1) is 18.0. The number of amides is 1. The zero-order chi connectivity index (χ0) is 17.2. The van der Waals surface area contributed by atoms with Crippen LogP contribution in [0.25, 0.3) is 0 Å². The van der Waals surface area contributed by atoms with E-state index in [9.17, 15) is 9.90 Å². The molecule has 24 heavy (non-hydrogen) atoms. The SMILES string of the molecule is O=C(NC(Cc1ccccc1)C(O)CCO)OCc1ccccc1. The molecule has 0 heterocycles. The van der Waals surface area contributed by atoms with Crippen molar-refractivity contribution in [1.82, 2.24) is 5.32 Å². The first-order valence-corrected chi connectivity index (χ1v) is 7.99. The Kier molecular flexibility index (Phi) is 7.26. The van der Waals surface area contributed by atoms with Gasteiger partial charge in [-0.1, -0.05) is 60.7 Å². The van der Waals surface area contributed by atoms with E-state index in [0.29, 0.717) is 6.42 Å². The van der Waals surface area contributed by atoms with Gasteiger partial charge in [-0.05, 0) is 24.0 Å². The maximum absolute atomic E-state index is 12.0. The molecule has 128 valence electrons. The van der Waals surface area contributed by atoms with Crippen molar-refractivity contribution < 1.29 is 19.7 Å². The molecule has 5 heteroatoms. The number of carbonyl (C=O) groups excluding carboxylic acids is 1. The Labute approximate surface area is 141 Å². The van der Waals surface area contributed by atoms with Crippen molar-refractivity contribution in [2.24, 2.45) is 0 Å². The summed E-state index contributed by atoms with van der Waals surface area (Å²) in [6.07, 6.45) is -0.782. The number of ether oxygens (including phenoxy) is 1. The molecule has 3 N–H and O–H groups in total. The lowest BCUT2D eigenvalue weighted by molar-refractivity contribution is 0.0830. The molecule has 0 fully saturated rings. The van der Waals surface area contributed by atoms with E-state index >= 15 is 0 Å². The number of nitrogens with one attached hydrogen (secondary N) is 1. The summed E-state index contributed by atoms with van der Waals surface area (Å²) in [5, 5.41) is 21.9. The summed E-state index contributed by atoms with van der Waals surface area (Å²) < 4.78 is 5.20. The van der Waals surface area contributed by atoms with Gasteiger partial charge in [-0.3, -0.25) is 0 Å². The molecular formula is C19H23NO4. The highest BCUT2D eigenvalue weighted by atomic mass is 16.5. The van der Waals surface area contributed by atoms with E-state index in [2.05, 4.69) is 5.32 Å². The predicted molar refractivity (Wildman–Crippen MR) is 91.4 cm³/mol. The summed E-state index contributed by atoms with van der Waals surface area (Å²) in [4.78, 5) is 12.0. The van der Waals surface area contributed by atoms with Crippen LogP contribution in [0.4, 0.5) is 4.79 Å². The average molecular weight is 329 g/mol. The smallest absolute Gasteiger partial charge is 0.407 e. The molecule has 0 saturated carbocycles. The predicted octanol–water partition coefficient (Wildman–Crippen LogP) is 2.27. The molecule has 2 aromatic carbocycles. The number of hydrogen-bond donors (Lipinski definition) is 3. The van der Waals surface area contributed by atoms with Crippen LogP contribution in [0, 0.1) is 0 Å². The van der Waals surface area contributed by atoms with Crippen molar-refractivity contribution in [3.63, 3.8) is 0 Å². The molecule has 0 saturated heterocycles. The van der Waals surface area contributed by atoms with Gasteiger partial charge < -0.3 is 20.3 Å². The van der Waals surface area contributed by atoms with Gasteiger partial charge in [0.25, 0.3) is 0 Å². The van der Waals surface area contributed by atoms with Gasteiger partial charge in [-0.2, -0.15) is 0 Å². The van der Waals surface area contributed by atoms with Gasteiger partial charge in [0.05, 0.1) is 12.1 Å². The maximum Gasteiger partial charge on any atom is 0.407 e. The molecule has 0 aliphatic heterocycles. The number of aliphatic hydroxyl groups is 2. The molecule has 0 aliphatic carbocycles. The lowest BCUT2D eigenvalue weighted by Gasteiger charge is -2.23. The Balaban J connectivity index is 1.92. The molecular weight excluding hydrogens is 306 g/mol. The van der Waals surface area contributed by atoms with E-state index < -0.39 is 18.2 Å². The van der Waals surface area contributed by atoms with E-state index in [4.69, 9.17) is 9.84 Å². The van der Waals surface area contributed by atoms with Crippen LogP contribution in [0.3, 0.4) is 0 Å². The van der Waals surface area contributed by atoms with Gasteiger partial charge in [0.2, 0.25) is 0 Å². The molecule has 1 amide bonds. The lowest BCUT2D eigenvalue weighted by Crippen LogP contribution is -2.45. The van der Waals surface area contributed by atoms with E-state index in [1.165, 1.54) is 0 Å². The van der Waals surface area contributed by atoms with Crippen LogP contribution in [0.1, 0.15) is 17.5 Å². The monoisotopic (exact) mass is 329 g/mol. The number of benzene rings is 2. The standard InChI is InChI=1S/C19H23NO4/c21-12-11-18(22)17(13-15-7-3-1-4-8-15)20-19(23)24-14-16-9-5-2-6-10-16/h1-10,17-18,21-22H,11-14H2,(H,20,23). The normalized spacial score (nSPS) is 13.1. The molecule has 0 aliphatic rings. The largest absolute Gasteiger partial charge is 0.445 e. The van der Waals surface area contributed by atoms with Crippen molar-refractivity contribution in [1.29, 1.82) is 0 Å². The fourth-order valence-electron chi connectivity index (χ4n) is 2.40. The van der Waals surface area contributed by atoms with Crippen LogP contribution < -0.4 is 5.32 Å². The summed E-state index contributed by atoms with van der Waals surface area (Å²) in [6, 6.07) is 18.4. The fourth-order valence-corrected chi connectivity index (χ4v) is 2.40. The van der Waals surface area contributed by atoms with Crippen LogP contribution in [-0.2, 0) is 17.8 Å². The molecule has 0 radical (unpaired) electrons. The summed E-state index contributed by atoms with van der Waals surface area (Å²) in [5.74, 6) is 0. The second-order valence-corrected chi connectivity index (χ2v) is 5.58. The van der Waals surface area contributed by atoms with Crippen LogP contribution in [0.15, 0.2) is 60.7 Å². The van der Waals surface area contributed by atoms with Gasteiger partial charge in [0.15, 0.2) is 0 Å². The molecule has 2 aromatic rings. The zero-order valence-electron chi connectivity index (χ0n) is 13.5. The lowest BCUT2D eigenvalue weighted by atomic mass is 9.99. The second-order valence-electron chi connectivity index (χ2n) is 5.58. The average Bonchev–Trinajstić information content (AvgIpc) is 2.61. The minimum atomic E-state index is -0.848. The number of hydrogen-bond acceptors (Lipinski definition) is 4. The quantitative estimate of drug-likeness (QED) is 0.694. The zero-order valence-corrected chi connectivity index (χ0v) is 13.5. The summed E-state index contributed by atoms with van der Waals surface area (Å²) >= 11 is 0. The molecule has 0 bridgehead atoms. The van der Waals surface area contributed by atoms with Gasteiger partial charge >= 0.3 is 6.09 Å². The minimum Gasteiger partial charge on any atom is -0.445 e. The summed E-state index contributed by atoms with van der Waals surface area (Å²) in [5.41, 5.74) is 1.88. The second kappa shape index (κ2) is 9.70. The van der Waals surface area contributed by atoms with E-state index in [-0.39, 0.29) is 19.6 Å². The van der Waals surface area contributed by atoms with Gasteiger partial charge in [-0.25, -0.2) is 4.79 Å². The third-order valence-corrected chi connectivity index (χ3v) is 3.70. The van der Waals surface area contributed by atoms with Crippen molar-refractivity contribution in [2.45, 2.75) is 31.6 Å². The van der Waals surface area contributed by atoms with Crippen LogP contribution >= 0.6 is 0 Å². The molecule has 0 aromatic heterocycles. The van der Waals surface area contributed by atoms with Crippen LogP contribution in [0.5, 0.6) is 0 Å². The Morgan fingerprint density at radius 3 is 2.17 bits per heavy atom.